The molecule has 0 aromatic heterocycles. The highest BCUT2D eigenvalue weighted by molar-refractivity contribution is 5.54. The molecule has 2 unspecified atom stereocenters. The van der Waals surface area contributed by atoms with E-state index in [9.17, 15) is 0 Å². The third-order valence-corrected chi connectivity index (χ3v) is 4.14. The number of anilines is 1. The molecular formula is C17H28N2O. The van der Waals surface area contributed by atoms with Crippen molar-refractivity contribution in [1.82, 2.24) is 4.90 Å². The van der Waals surface area contributed by atoms with Crippen LogP contribution in [0.25, 0.3) is 0 Å². The number of nitrogens with one attached hydrogen (secondary N) is 1. The van der Waals surface area contributed by atoms with E-state index in [4.69, 9.17) is 4.74 Å². The third kappa shape index (κ3) is 3.89. The number of aryl methyl sites for hydroxylation is 1. The van der Waals surface area contributed by atoms with Crippen molar-refractivity contribution in [1.29, 1.82) is 0 Å². The molecule has 1 aliphatic rings. The Balaban J connectivity index is 1.99. The topological polar surface area (TPSA) is 24.5 Å². The summed E-state index contributed by atoms with van der Waals surface area (Å²) >= 11 is 0. The second-order valence-corrected chi connectivity index (χ2v) is 6.34. The van der Waals surface area contributed by atoms with Crippen molar-refractivity contribution < 1.29 is 4.74 Å². The van der Waals surface area contributed by atoms with Crippen molar-refractivity contribution in [2.45, 2.75) is 58.7 Å². The minimum atomic E-state index is 0.225. The average molecular weight is 276 g/mol. The van der Waals surface area contributed by atoms with E-state index in [1.807, 2.05) is 0 Å². The molecule has 20 heavy (non-hydrogen) atoms. The second kappa shape index (κ2) is 6.49. The van der Waals surface area contributed by atoms with E-state index in [2.05, 4.69) is 63.2 Å². The minimum Gasteiger partial charge on any atom is -0.491 e. The standard InChI is InChI=1S/C17H28N2O/c1-12(2)20-16-6-7-17(13(3)10-16)18-15-8-9-19(5)14(4)11-15/h6-7,10,12,14-15,18H,8-9,11H2,1-5H3. The highest BCUT2D eigenvalue weighted by Gasteiger charge is 2.22. The Hall–Kier alpha value is -1.22. The van der Waals surface area contributed by atoms with Crippen LogP contribution in [0.1, 0.15) is 39.2 Å². The smallest absolute Gasteiger partial charge is 0.120 e. The van der Waals surface area contributed by atoms with Crippen LogP contribution in [0.4, 0.5) is 5.69 Å². The molecule has 2 rings (SSSR count). The highest BCUT2D eigenvalue weighted by atomic mass is 16.5. The lowest BCUT2D eigenvalue weighted by Gasteiger charge is -2.36. The summed E-state index contributed by atoms with van der Waals surface area (Å²) in [4.78, 5) is 2.44. The number of hydrogen-bond donors (Lipinski definition) is 1. The zero-order valence-corrected chi connectivity index (χ0v) is 13.4. The Kier molecular flexibility index (Phi) is 4.92. The molecule has 112 valence electrons. The van der Waals surface area contributed by atoms with Gasteiger partial charge in [0.05, 0.1) is 6.10 Å². The molecule has 1 aliphatic heterocycles. The van der Waals surface area contributed by atoms with Crippen molar-refractivity contribution in [3.63, 3.8) is 0 Å². The van der Waals surface area contributed by atoms with Crippen LogP contribution in [0.5, 0.6) is 5.75 Å². The minimum absolute atomic E-state index is 0.225. The van der Waals surface area contributed by atoms with Crippen molar-refractivity contribution in [3.8, 4) is 5.75 Å². The van der Waals surface area contributed by atoms with Gasteiger partial charge in [-0.15, -0.1) is 0 Å². The maximum absolute atomic E-state index is 5.74. The van der Waals surface area contributed by atoms with Crippen LogP contribution >= 0.6 is 0 Å². The van der Waals surface area contributed by atoms with Gasteiger partial charge in [0.25, 0.3) is 0 Å². The van der Waals surface area contributed by atoms with Crippen LogP contribution in [-0.2, 0) is 0 Å². The number of ether oxygens (including phenoxy) is 1. The predicted octanol–water partition coefficient (Wildman–Crippen LogP) is 3.68. The molecule has 0 bridgehead atoms. The van der Waals surface area contributed by atoms with E-state index in [0.717, 1.165) is 5.75 Å². The largest absolute Gasteiger partial charge is 0.491 e. The predicted molar refractivity (Wildman–Crippen MR) is 85.7 cm³/mol. The fraction of sp³-hybridized carbons (Fsp3) is 0.647. The van der Waals surface area contributed by atoms with Gasteiger partial charge in [-0.25, -0.2) is 0 Å². The van der Waals surface area contributed by atoms with Gasteiger partial charge in [0, 0.05) is 24.3 Å². The number of piperidine rings is 1. The first-order valence-corrected chi connectivity index (χ1v) is 7.69. The summed E-state index contributed by atoms with van der Waals surface area (Å²) in [5, 5.41) is 3.70. The zero-order chi connectivity index (χ0) is 14.7. The number of benzene rings is 1. The molecule has 3 heteroatoms. The van der Waals surface area contributed by atoms with E-state index in [-0.39, 0.29) is 6.10 Å². The quantitative estimate of drug-likeness (QED) is 0.908. The summed E-state index contributed by atoms with van der Waals surface area (Å²) in [6.45, 7) is 9.74. The molecule has 1 fully saturated rings. The highest BCUT2D eigenvalue weighted by Crippen LogP contribution is 2.25. The molecule has 0 spiro atoms. The lowest BCUT2D eigenvalue weighted by atomic mass is 9.98. The van der Waals surface area contributed by atoms with Crippen molar-refractivity contribution >= 4 is 5.69 Å². The summed E-state index contributed by atoms with van der Waals surface area (Å²) in [5.41, 5.74) is 2.50. The van der Waals surface area contributed by atoms with E-state index in [1.54, 1.807) is 0 Å². The van der Waals surface area contributed by atoms with Gasteiger partial charge in [0.2, 0.25) is 0 Å². The fourth-order valence-electron chi connectivity index (χ4n) is 2.78. The first-order valence-electron chi connectivity index (χ1n) is 7.69. The summed E-state index contributed by atoms with van der Waals surface area (Å²) < 4.78 is 5.74. The average Bonchev–Trinajstić information content (AvgIpc) is 2.36. The SMILES string of the molecule is Cc1cc(OC(C)C)ccc1NC1CCN(C)C(C)C1. The second-order valence-electron chi connectivity index (χ2n) is 6.34. The van der Waals surface area contributed by atoms with Gasteiger partial charge in [-0.1, -0.05) is 0 Å². The molecule has 1 aromatic carbocycles. The van der Waals surface area contributed by atoms with E-state index in [1.165, 1.54) is 30.6 Å². The molecule has 3 nitrogen and oxygen atoms in total. The Morgan fingerprint density at radius 1 is 1.35 bits per heavy atom. The fourth-order valence-corrected chi connectivity index (χ4v) is 2.78. The van der Waals surface area contributed by atoms with Gasteiger partial charge in [0.15, 0.2) is 0 Å². The lowest BCUT2D eigenvalue weighted by molar-refractivity contribution is 0.190. The first kappa shape index (κ1) is 15.2. The van der Waals surface area contributed by atoms with E-state index >= 15 is 0 Å². The molecular weight excluding hydrogens is 248 g/mol. The van der Waals surface area contributed by atoms with Gasteiger partial charge < -0.3 is 15.0 Å². The Morgan fingerprint density at radius 3 is 2.70 bits per heavy atom. The summed E-state index contributed by atoms with van der Waals surface area (Å²) in [6.07, 6.45) is 2.65. The van der Waals surface area contributed by atoms with Gasteiger partial charge in [0.1, 0.15) is 5.75 Å². The van der Waals surface area contributed by atoms with Crippen LogP contribution in [-0.4, -0.2) is 36.7 Å². The molecule has 1 saturated heterocycles. The normalized spacial score (nSPS) is 23.9. The van der Waals surface area contributed by atoms with Crippen molar-refractivity contribution in [2.24, 2.45) is 0 Å². The molecule has 1 N–H and O–H groups in total. The van der Waals surface area contributed by atoms with E-state index < -0.39 is 0 Å². The molecule has 0 radical (unpaired) electrons. The summed E-state index contributed by atoms with van der Waals surface area (Å²) in [7, 11) is 2.21. The Bertz CT molecular complexity index is 445. The Labute approximate surface area is 123 Å². The number of likely N-dealkylation sites (tertiary alicyclic amines) is 1. The summed E-state index contributed by atoms with van der Waals surface area (Å²) in [5.74, 6) is 0.958. The molecule has 1 heterocycles. The van der Waals surface area contributed by atoms with Gasteiger partial charge in [-0.05, 0) is 71.3 Å². The van der Waals surface area contributed by atoms with Crippen molar-refractivity contribution in [2.75, 3.05) is 18.9 Å². The van der Waals surface area contributed by atoms with Gasteiger partial charge in [-0.2, -0.15) is 0 Å². The number of nitrogens with zero attached hydrogens (tertiary/aromatic N) is 1. The van der Waals surface area contributed by atoms with Crippen LogP contribution in [0.2, 0.25) is 0 Å². The number of rotatable bonds is 4. The molecule has 0 saturated carbocycles. The van der Waals surface area contributed by atoms with E-state index in [0.29, 0.717) is 12.1 Å². The lowest BCUT2D eigenvalue weighted by Crippen LogP contribution is -2.42. The maximum Gasteiger partial charge on any atom is 0.120 e. The van der Waals surface area contributed by atoms with Crippen molar-refractivity contribution in [3.05, 3.63) is 23.8 Å². The van der Waals surface area contributed by atoms with Crippen LogP contribution < -0.4 is 10.1 Å². The van der Waals surface area contributed by atoms with Gasteiger partial charge in [-0.3, -0.25) is 0 Å². The van der Waals surface area contributed by atoms with Crippen LogP contribution in [0, 0.1) is 6.92 Å². The zero-order valence-electron chi connectivity index (χ0n) is 13.4. The molecule has 0 aliphatic carbocycles. The maximum atomic E-state index is 5.74. The molecule has 0 amide bonds. The third-order valence-electron chi connectivity index (χ3n) is 4.14. The van der Waals surface area contributed by atoms with Gasteiger partial charge >= 0.3 is 0 Å². The molecule has 1 aromatic rings. The summed E-state index contributed by atoms with van der Waals surface area (Å²) in [6, 6.07) is 7.58. The Morgan fingerprint density at radius 2 is 2.10 bits per heavy atom. The molecule has 2 atom stereocenters. The van der Waals surface area contributed by atoms with Crippen LogP contribution in [0.3, 0.4) is 0 Å². The van der Waals surface area contributed by atoms with Crippen LogP contribution in [0.15, 0.2) is 18.2 Å². The first-order chi connectivity index (χ1) is 9.45. The monoisotopic (exact) mass is 276 g/mol. The number of hydrogen-bond acceptors (Lipinski definition) is 3.